The smallest absolute Gasteiger partial charge is 0.254 e. The molecule has 154 valence electrons. The van der Waals surface area contributed by atoms with Crippen LogP contribution in [0.5, 0.6) is 0 Å². The highest BCUT2D eigenvalue weighted by Crippen LogP contribution is 2.39. The van der Waals surface area contributed by atoms with Gasteiger partial charge in [0.05, 0.1) is 11.8 Å². The Balaban J connectivity index is 1.43. The van der Waals surface area contributed by atoms with Gasteiger partial charge in [-0.25, -0.2) is 0 Å². The maximum Gasteiger partial charge on any atom is 0.254 e. The third-order valence-electron chi connectivity index (χ3n) is 6.17. The molecule has 2 saturated heterocycles. The molecule has 0 spiro atoms. The molecular formula is C21H28N6O2. The highest BCUT2D eigenvalue weighted by atomic mass is 16.2. The lowest BCUT2D eigenvalue weighted by Gasteiger charge is -2.42. The number of nitrogens with zero attached hydrogens (tertiary/aromatic N) is 4. The van der Waals surface area contributed by atoms with E-state index >= 15 is 0 Å². The number of aromatic amines is 1. The molecule has 0 bridgehead atoms. The van der Waals surface area contributed by atoms with Gasteiger partial charge in [-0.05, 0) is 44.4 Å². The molecule has 2 aromatic rings. The molecule has 2 fully saturated rings. The number of H-pyrrole nitrogens is 1. The Hall–Kier alpha value is -2.74. The van der Waals surface area contributed by atoms with Crippen molar-refractivity contribution in [1.82, 2.24) is 30.3 Å². The van der Waals surface area contributed by atoms with Crippen molar-refractivity contribution in [3.8, 4) is 0 Å². The molecule has 0 radical (unpaired) electrons. The van der Waals surface area contributed by atoms with Crippen LogP contribution in [0.1, 0.15) is 41.7 Å². The summed E-state index contributed by atoms with van der Waals surface area (Å²) in [4.78, 5) is 34.4. The molecular weight excluding hydrogens is 368 g/mol. The molecule has 2 aromatic heterocycles. The van der Waals surface area contributed by atoms with E-state index in [1.54, 1.807) is 12.4 Å². The molecule has 2 aliphatic rings. The number of hydrogen-bond donors (Lipinski definition) is 2. The van der Waals surface area contributed by atoms with E-state index in [0.717, 1.165) is 37.9 Å². The number of likely N-dealkylation sites (N-methyl/N-ethyl adjacent to an activating group) is 1. The SMILES string of the molecule is CN(CCc1ccccn1)C(=O)[C@@]12CCCCN1C[C@@H](NC(=O)c1cn[nH]c1)C2. The van der Waals surface area contributed by atoms with Crippen molar-refractivity contribution in [1.29, 1.82) is 0 Å². The zero-order valence-corrected chi connectivity index (χ0v) is 16.8. The Morgan fingerprint density at radius 1 is 1.38 bits per heavy atom. The van der Waals surface area contributed by atoms with Crippen LogP contribution in [0.25, 0.3) is 0 Å². The van der Waals surface area contributed by atoms with Crippen LogP contribution in [0.3, 0.4) is 0 Å². The second kappa shape index (κ2) is 8.32. The Bertz CT molecular complexity index is 840. The van der Waals surface area contributed by atoms with E-state index in [0.29, 0.717) is 25.1 Å². The number of rotatable bonds is 6. The summed E-state index contributed by atoms with van der Waals surface area (Å²) in [6, 6.07) is 5.81. The molecule has 0 aliphatic carbocycles. The standard InChI is InChI=1S/C21H28N6O2/c1-26(11-7-17-6-2-4-9-22-17)20(29)21-8-3-5-10-27(21)15-18(12-21)25-19(28)16-13-23-24-14-16/h2,4,6,9,13-14,18H,3,5,7-8,10-12,15H2,1H3,(H,23,24)(H,25,28)/t18-,21-/m0/s1. The highest BCUT2D eigenvalue weighted by Gasteiger charge is 2.53. The van der Waals surface area contributed by atoms with Gasteiger partial charge in [-0.2, -0.15) is 5.10 Å². The summed E-state index contributed by atoms with van der Waals surface area (Å²) in [5.41, 5.74) is 0.996. The molecule has 0 unspecified atom stereocenters. The van der Waals surface area contributed by atoms with Crippen LogP contribution < -0.4 is 5.32 Å². The van der Waals surface area contributed by atoms with Gasteiger partial charge in [-0.1, -0.05) is 6.07 Å². The van der Waals surface area contributed by atoms with E-state index in [1.807, 2.05) is 30.1 Å². The highest BCUT2D eigenvalue weighted by molar-refractivity contribution is 5.94. The topological polar surface area (TPSA) is 94.2 Å². The Kier molecular flexibility index (Phi) is 5.62. The van der Waals surface area contributed by atoms with Crippen molar-refractivity contribution in [3.63, 3.8) is 0 Å². The zero-order chi connectivity index (χ0) is 20.3. The lowest BCUT2D eigenvalue weighted by molar-refractivity contribution is -0.143. The number of nitrogens with one attached hydrogen (secondary N) is 2. The zero-order valence-electron chi connectivity index (χ0n) is 16.8. The van der Waals surface area contributed by atoms with E-state index in [9.17, 15) is 9.59 Å². The van der Waals surface area contributed by atoms with Crippen LogP contribution in [0.15, 0.2) is 36.8 Å². The van der Waals surface area contributed by atoms with E-state index in [1.165, 1.54) is 6.20 Å². The van der Waals surface area contributed by atoms with Crippen LogP contribution in [0.4, 0.5) is 0 Å². The lowest BCUT2D eigenvalue weighted by Crippen LogP contribution is -2.58. The van der Waals surface area contributed by atoms with E-state index < -0.39 is 5.54 Å². The second-order valence-corrected chi connectivity index (χ2v) is 8.09. The summed E-state index contributed by atoms with van der Waals surface area (Å²) in [6.07, 6.45) is 9.26. The van der Waals surface area contributed by atoms with Gasteiger partial charge in [0.25, 0.3) is 5.91 Å². The van der Waals surface area contributed by atoms with Crippen molar-refractivity contribution in [2.24, 2.45) is 0 Å². The number of carbonyl (C=O) groups is 2. The predicted molar refractivity (Wildman–Crippen MR) is 108 cm³/mol. The van der Waals surface area contributed by atoms with E-state index in [-0.39, 0.29) is 17.9 Å². The first-order valence-electron chi connectivity index (χ1n) is 10.3. The minimum atomic E-state index is -0.508. The molecule has 0 saturated carbocycles. The second-order valence-electron chi connectivity index (χ2n) is 8.09. The molecule has 0 aromatic carbocycles. The van der Waals surface area contributed by atoms with Crippen molar-refractivity contribution >= 4 is 11.8 Å². The number of carbonyl (C=O) groups excluding carboxylic acids is 2. The first-order valence-corrected chi connectivity index (χ1v) is 10.3. The average Bonchev–Trinajstić information content (AvgIpc) is 3.40. The lowest BCUT2D eigenvalue weighted by atomic mass is 9.84. The van der Waals surface area contributed by atoms with Crippen LogP contribution in [0.2, 0.25) is 0 Å². The largest absolute Gasteiger partial charge is 0.348 e. The van der Waals surface area contributed by atoms with Crippen molar-refractivity contribution in [2.75, 3.05) is 26.7 Å². The number of amides is 2. The van der Waals surface area contributed by atoms with Gasteiger partial charge in [0.1, 0.15) is 5.54 Å². The first kappa shape index (κ1) is 19.6. The maximum absolute atomic E-state index is 13.5. The number of pyridine rings is 1. The minimum Gasteiger partial charge on any atom is -0.348 e. The average molecular weight is 396 g/mol. The van der Waals surface area contributed by atoms with Gasteiger partial charge < -0.3 is 10.2 Å². The number of fused-ring (bicyclic) bond motifs is 1. The Morgan fingerprint density at radius 3 is 3.03 bits per heavy atom. The fourth-order valence-electron chi connectivity index (χ4n) is 4.68. The third-order valence-corrected chi connectivity index (χ3v) is 6.17. The molecule has 4 heterocycles. The van der Waals surface area contributed by atoms with Gasteiger partial charge in [-0.15, -0.1) is 0 Å². The van der Waals surface area contributed by atoms with Crippen LogP contribution in [-0.4, -0.2) is 75.1 Å². The molecule has 2 atom stereocenters. The van der Waals surface area contributed by atoms with Crippen molar-refractivity contribution < 1.29 is 9.59 Å². The Labute approximate surface area is 170 Å². The number of piperidine rings is 1. The molecule has 29 heavy (non-hydrogen) atoms. The molecule has 2 N–H and O–H groups in total. The van der Waals surface area contributed by atoms with Crippen molar-refractivity contribution in [3.05, 3.63) is 48.0 Å². The summed E-state index contributed by atoms with van der Waals surface area (Å²) in [6.45, 7) is 2.25. The molecule has 2 aliphatic heterocycles. The molecule has 2 amide bonds. The van der Waals surface area contributed by atoms with Gasteiger partial charge >= 0.3 is 0 Å². The fourth-order valence-corrected chi connectivity index (χ4v) is 4.68. The van der Waals surface area contributed by atoms with Crippen LogP contribution in [-0.2, 0) is 11.2 Å². The maximum atomic E-state index is 13.5. The molecule has 8 nitrogen and oxygen atoms in total. The number of hydrogen-bond acceptors (Lipinski definition) is 5. The van der Waals surface area contributed by atoms with Gasteiger partial charge in [0, 0.05) is 50.7 Å². The van der Waals surface area contributed by atoms with Crippen molar-refractivity contribution in [2.45, 2.75) is 43.7 Å². The van der Waals surface area contributed by atoms with Gasteiger partial charge in [0.2, 0.25) is 5.91 Å². The molecule has 8 heteroatoms. The minimum absolute atomic E-state index is 0.0383. The summed E-state index contributed by atoms with van der Waals surface area (Å²) >= 11 is 0. The number of aromatic nitrogens is 3. The van der Waals surface area contributed by atoms with E-state index in [4.69, 9.17) is 0 Å². The first-order chi connectivity index (χ1) is 14.1. The van der Waals surface area contributed by atoms with Crippen LogP contribution in [0, 0.1) is 0 Å². The van der Waals surface area contributed by atoms with Crippen LogP contribution >= 0.6 is 0 Å². The quantitative estimate of drug-likeness (QED) is 0.766. The summed E-state index contributed by atoms with van der Waals surface area (Å²) in [5, 5.41) is 9.60. The van der Waals surface area contributed by atoms with E-state index in [2.05, 4.69) is 25.4 Å². The Morgan fingerprint density at radius 2 is 2.28 bits per heavy atom. The fraction of sp³-hybridized carbons (Fsp3) is 0.524. The molecule has 4 rings (SSSR count). The van der Waals surface area contributed by atoms with Gasteiger partial charge in [-0.3, -0.25) is 24.6 Å². The summed E-state index contributed by atoms with van der Waals surface area (Å²) < 4.78 is 0. The summed E-state index contributed by atoms with van der Waals surface area (Å²) in [5.74, 6) is 0.0166. The normalized spacial score (nSPS) is 24.1. The monoisotopic (exact) mass is 396 g/mol. The summed E-state index contributed by atoms with van der Waals surface area (Å²) in [7, 11) is 1.88. The van der Waals surface area contributed by atoms with Gasteiger partial charge in [0.15, 0.2) is 0 Å². The third kappa shape index (κ3) is 4.03. The predicted octanol–water partition coefficient (Wildman–Crippen LogP) is 1.23.